The number of pyridine rings is 1. The van der Waals surface area contributed by atoms with E-state index in [1.807, 2.05) is 0 Å². The van der Waals surface area contributed by atoms with Crippen molar-refractivity contribution in [3.63, 3.8) is 0 Å². The van der Waals surface area contributed by atoms with Crippen LogP contribution >= 0.6 is 0 Å². The summed E-state index contributed by atoms with van der Waals surface area (Å²) in [5.74, 6) is -1.50. The van der Waals surface area contributed by atoms with Gasteiger partial charge in [-0.15, -0.1) is 0 Å². The van der Waals surface area contributed by atoms with Gasteiger partial charge in [-0.2, -0.15) is 0 Å². The van der Waals surface area contributed by atoms with Crippen molar-refractivity contribution < 1.29 is 24.3 Å². The first kappa shape index (κ1) is 17.2. The summed E-state index contributed by atoms with van der Waals surface area (Å²) in [6.45, 7) is 0.108. The highest BCUT2D eigenvalue weighted by atomic mass is 16.4. The number of nitrogens with one attached hydrogen (secondary N) is 3. The Hall–Kier alpha value is -3.17. The topological polar surface area (TPSA) is 147 Å². The van der Waals surface area contributed by atoms with Crippen LogP contribution in [0, 0.1) is 0 Å². The highest BCUT2D eigenvalue weighted by Crippen LogP contribution is 2.17. The van der Waals surface area contributed by atoms with Crippen molar-refractivity contribution in [3.05, 3.63) is 34.2 Å². The number of rotatable bonds is 5. The molecule has 24 heavy (non-hydrogen) atoms. The van der Waals surface area contributed by atoms with Crippen molar-refractivity contribution >= 4 is 23.8 Å². The summed E-state index contributed by atoms with van der Waals surface area (Å²) >= 11 is 0. The summed E-state index contributed by atoms with van der Waals surface area (Å²) < 4.78 is 1.12. The smallest absolute Gasteiger partial charge is 0.404 e. The monoisotopic (exact) mass is 336 g/mol. The van der Waals surface area contributed by atoms with Crippen LogP contribution in [0.5, 0.6) is 0 Å². The fourth-order valence-corrected chi connectivity index (χ4v) is 2.28. The maximum Gasteiger partial charge on any atom is 0.404 e. The van der Waals surface area contributed by atoms with Gasteiger partial charge in [0, 0.05) is 31.8 Å². The molecule has 1 aliphatic rings. The van der Waals surface area contributed by atoms with Crippen LogP contribution in [0.4, 0.5) is 4.79 Å². The highest BCUT2D eigenvalue weighted by molar-refractivity contribution is 5.99. The van der Waals surface area contributed by atoms with E-state index in [1.165, 1.54) is 12.3 Å². The van der Waals surface area contributed by atoms with Crippen molar-refractivity contribution in [2.45, 2.75) is 18.9 Å². The first-order chi connectivity index (χ1) is 11.4. The van der Waals surface area contributed by atoms with E-state index in [4.69, 9.17) is 5.11 Å². The van der Waals surface area contributed by atoms with E-state index in [2.05, 4.69) is 16.0 Å². The number of aromatic nitrogens is 1. The fourth-order valence-electron chi connectivity index (χ4n) is 2.28. The van der Waals surface area contributed by atoms with Gasteiger partial charge in [0.05, 0.1) is 5.56 Å². The third-order valence-electron chi connectivity index (χ3n) is 3.43. The van der Waals surface area contributed by atoms with Gasteiger partial charge in [0.1, 0.15) is 6.04 Å². The van der Waals surface area contributed by atoms with E-state index in [9.17, 15) is 24.0 Å². The maximum absolute atomic E-state index is 12.0. The van der Waals surface area contributed by atoms with Gasteiger partial charge in [0.2, 0.25) is 11.8 Å². The fraction of sp³-hybridized carbons (Fsp3) is 0.357. The van der Waals surface area contributed by atoms with E-state index < -0.39 is 35.4 Å². The predicted molar refractivity (Wildman–Crippen MR) is 80.5 cm³/mol. The number of amides is 4. The molecule has 128 valence electrons. The number of nitrogens with zero attached hydrogens (tertiary/aromatic N) is 1. The zero-order chi connectivity index (χ0) is 17.7. The number of carbonyl (C=O) groups excluding carboxylic acids is 3. The lowest BCUT2D eigenvalue weighted by Crippen LogP contribution is -2.44. The summed E-state index contributed by atoms with van der Waals surface area (Å²) in [5, 5.41) is 15.2. The lowest BCUT2D eigenvalue weighted by molar-refractivity contribution is -0.135. The number of carbonyl (C=O) groups is 4. The number of piperidine rings is 1. The molecule has 0 radical (unpaired) electrons. The average molecular weight is 336 g/mol. The number of hydrogen-bond donors (Lipinski definition) is 4. The molecule has 10 heteroatoms. The molecule has 4 N–H and O–H groups in total. The normalized spacial score (nSPS) is 17.1. The quantitative estimate of drug-likeness (QED) is 0.393. The van der Waals surface area contributed by atoms with Gasteiger partial charge in [0.25, 0.3) is 11.5 Å². The van der Waals surface area contributed by atoms with E-state index in [1.54, 1.807) is 0 Å². The van der Waals surface area contributed by atoms with Crippen molar-refractivity contribution in [3.8, 4) is 0 Å². The van der Waals surface area contributed by atoms with E-state index in [0.29, 0.717) is 0 Å². The molecule has 10 nitrogen and oxygen atoms in total. The number of carboxylic acid groups (broad SMARTS) is 1. The molecular weight excluding hydrogens is 320 g/mol. The van der Waals surface area contributed by atoms with Gasteiger partial charge < -0.3 is 20.3 Å². The summed E-state index contributed by atoms with van der Waals surface area (Å²) in [4.78, 5) is 57.3. The Labute approximate surface area is 135 Å². The molecule has 0 spiro atoms. The van der Waals surface area contributed by atoms with Crippen molar-refractivity contribution in [1.82, 2.24) is 20.5 Å². The average Bonchev–Trinajstić information content (AvgIpc) is 2.52. The lowest BCUT2D eigenvalue weighted by atomic mass is 10.1. The van der Waals surface area contributed by atoms with Gasteiger partial charge in [-0.05, 0) is 12.5 Å². The number of imide groups is 1. The summed E-state index contributed by atoms with van der Waals surface area (Å²) in [5.41, 5.74) is -0.316. The number of hydrogen-bond acceptors (Lipinski definition) is 5. The second-order valence-electron chi connectivity index (χ2n) is 5.12. The molecule has 0 aromatic carbocycles. The summed E-state index contributed by atoms with van der Waals surface area (Å²) in [6.07, 6.45) is 0.344. The summed E-state index contributed by atoms with van der Waals surface area (Å²) in [7, 11) is 0. The molecule has 1 saturated heterocycles. The van der Waals surface area contributed by atoms with Crippen LogP contribution in [0.15, 0.2) is 23.1 Å². The Morgan fingerprint density at radius 2 is 1.92 bits per heavy atom. The minimum absolute atomic E-state index is 0.0356. The van der Waals surface area contributed by atoms with Crippen LogP contribution in [0.2, 0.25) is 0 Å². The molecule has 1 aromatic rings. The van der Waals surface area contributed by atoms with E-state index >= 15 is 0 Å². The van der Waals surface area contributed by atoms with Gasteiger partial charge in [-0.1, -0.05) is 0 Å². The Morgan fingerprint density at radius 3 is 2.58 bits per heavy atom. The van der Waals surface area contributed by atoms with Crippen molar-refractivity contribution in [2.75, 3.05) is 13.1 Å². The molecule has 1 aliphatic heterocycles. The minimum atomic E-state index is -1.20. The second-order valence-corrected chi connectivity index (χ2v) is 5.12. The molecular formula is C14H16N4O6. The molecule has 1 fully saturated rings. The van der Waals surface area contributed by atoms with Gasteiger partial charge >= 0.3 is 6.09 Å². The molecule has 1 aromatic heterocycles. The largest absolute Gasteiger partial charge is 0.465 e. The lowest BCUT2D eigenvalue weighted by Gasteiger charge is -2.23. The third-order valence-corrected chi connectivity index (χ3v) is 3.43. The van der Waals surface area contributed by atoms with Crippen LogP contribution in [-0.2, 0) is 9.59 Å². The van der Waals surface area contributed by atoms with Gasteiger partial charge in [-0.25, -0.2) is 4.79 Å². The van der Waals surface area contributed by atoms with Crippen molar-refractivity contribution in [1.29, 1.82) is 0 Å². The molecule has 0 bridgehead atoms. The van der Waals surface area contributed by atoms with Crippen LogP contribution in [-0.4, -0.2) is 46.6 Å². The van der Waals surface area contributed by atoms with Gasteiger partial charge in [-0.3, -0.25) is 24.5 Å². The van der Waals surface area contributed by atoms with Crippen LogP contribution in [0.3, 0.4) is 0 Å². The first-order valence-corrected chi connectivity index (χ1v) is 7.19. The molecule has 1 unspecified atom stereocenters. The summed E-state index contributed by atoms with van der Waals surface area (Å²) in [6, 6.07) is 1.62. The molecule has 2 heterocycles. The Bertz CT molecular complexity index is 741. The zero-order valence-electron chi connectivity index (χ0n) is 12.6. The molecule has 2 rings (SSSR count). The van der Waals surface area contributed by atoms with E-state index in [0.717, 1.165) is 10.6 Å². The Morgan fingerprint density at radius 1 is 1.21 bits per heavy atom. The highest BCUT2D eigenvalue weighted by Gasteiger charge is 2.28. The molecule has 1 atom stereocenters. The Kier molecular flexibility index (Phi) is 5.30. The zero-order valence-corrected chi connectivity index (χ0v) is 12.6. The third kappa shape index (κ3) is 4.18. The minimum Gasteiger partial charge on any atom is -0.465 e. The van der Waals surface area contributed by atoms with E-state index in [-0.39, 0.29) is 31.5 Å². The SMILES string of the molecule is O=C(O)NCCNC(=O)c1ccc(=O)n(C2CCC(=O)NC2=O)c1. The molecule has 4 amide bonds. The first-order valence-electron chi connectivity index (χ1n) is 7.19. The second kappa shape index (κ2) is 7.40. The van der Waals surface area contributed by atoms with Crippen LogP contribution in [0.1, 0.15) is 29.2 Å². The van der Waals surface area contributed by atoms with Crippen molar-refractivity contribution in [2.24, 2.45) is 0 Å². The van der Waals surface area contributed by atoms with Gasteiger partial charge in [0.15, 0.2) is 0 Å². The molecule has 0 saturated carbocycles. The molecule has 0 aliphatic carbocycles. The van der Waals surface area contributed by atoms with Crippen LogP contribution in [0.25, 0.3) is 0 Å². The standard InChI is InChI=1S/C14H16N4O6/c19-10-3-2-9(13(22)17-10)18-7-8(1-4-11(18)20)12(21)15-5-6-16-14(23)24/h1,4,7,9,16H,2-3,5-6H2,(H,15,21)(H,23,24)(H,17,19,22). The van der Waals surface area contributed by atoms with Crippen LogP contribution < -0.4 is 21.5 Å². The maximum atomic E-state index is 12.0. The Balaban J connectivity index is 2.09. The predicted octanol–water partition coefficient (Wildman–Crippen LogP) is -1.18.